The quantitative estimate of drug-likeness (QED) is 0.416. The number of halogens is 1. The molecule has 1 aromatic carbocycles. The highest BCUT2D eigenvalue weighted by Crippen LogP contribution is 2.16. The van der Waals surface area contributed by atoms with Crippen LogP contribution in [0.1, 0.15) is 38.9 Å². The highest BCUT2D eigenvalue weighted by Gasteiger charge is 2.10. The molecule has 0 heterocycles. The van der Waals surface area contributed by atoms with Crippen molar-refractivity contribution < 1.29 is 4.74 Å². The maximum atomic E-state index is 5.53. The smallest absolute Gasteiger partial charge is 0.191 e. The van der Waals surface area contributed by atoms with Crippen LogP contribution in [-0.2, 0) is 4.74 Å². The Bertz CT molecular complexity index is 398. The van der Waals surface area contributed by atoms with Gasteiger partial charge in [0.05, 0.1) is 6.54 Å². The summed E-state index contributed by atoms with van der Waals surface area (Å²) in [4.78, 5) is 4.62. The van der Waals surface area contributed by atoms with Crippen molar-refractivity contribution >= 4 is 29.9 Å². The number of aliphatic imine (C=N–C) groups is 1. The number of hydrogen-bond acceptors (Lipinski definition) is 2. The number of methoxy groups -OCH3 is 1. The third-order valence-corrected chi connectivity index (χ3v) is 3.21. The molecule has 120 valence electrons. The van der Waals surface area contributed by atoms with E-state index in [4.69, 9.17) is 4.74 Å². The molecule has 2 unspecified atom stereocenters. The van der Waals surface area contributed by atoms with Crippen molar-refractivity contribution in [3.8, 4) is 0 Å². The molecule has 0 aliphatic rings. The van der Waals surface area contributed by atoms with E-state index in [-0.39, 0.29) is 30.1 Å². The SMILES string of the molecule is CCNC(=NCC(OC)c1ccccc1)NC(C)CC.I. The zero-order valence-electron chi connectivity index (χ0n) is 13.4. The van der Waals surface area contributed by atoms with Gasteiger partial charge in [-0.25, -0.2) is 0 Å². The fourth-order valence-corrected chi connectivity index (χ4v) is 1.81. The predicted molar refractivity (Wildman–Crippen MR) is 100 cm³/mol. The first kappa shape index (κ1) is 20.2. The van der Waals surface area contributed by atoms with Crippen LogP contribution in [0.3, 0.4) is 0 Å². The number of benzene rings is 1. The molecule has 5 heteroatoms. The Morgan fingerprint density at radius 3 is 2.43 bits per heavy atom. The lowest BCUT2D eigenvalue weighted by atomic mass is 10.1. The molecule has 4 nitrogen and oxygen atoms in total. The van der Waals surface area contributed by atoms with Gasteiger partial charge in [-0.2, -0.15) is 0 Å². The first-order valence-electron chi connectivity index (χ1n) is 7.33. The van der Waals surface area contributed by atoms with Gasteiger partial charge in [0.25, 0.3) is 0 Å². The zero-order valence-corrected chi connectivity index (χ0v) is 15.8. The molecular formula is C16H28IN3O. The van der Waals surface area contributed by atoms with Crippen molar-refractivity contribution in [2.45, 2.75) is 39.3 Å². The van der Waals surface area contributed by atoms with E-state index >= 15 is 0 Å². The minimum Gasteiger partial charge on any atom is -0.375 e. The summed E-state index contributed by atoms with van der Waals surface area (Å²) in [6.07, 6.45) is 1.06. The van der Waals surface area contributed by atoms with Gasteiger partial charge in [0.1, 0.15) is 6.10 Å². The lowest BCUT2D eigenvalue weighted by Crippen LogP contribution is -2.42. The number of guanidine groups is 1. The number of ether oxygens (including phenoxy) is 1. The summed E-state index contributed by atoms with van der Waals surface area (Å²) in [6, 6.07) is 10.6. The van der Waals surface area contributed by atoms with Crippen LogP contribution in [0.5, 0.6) is 0 Å². The molecule has 2 atom stereocenters. The molecule has 0 aromatic heterocycles. The highest BCUT2D eigenvalue weighted by atomic mass is 127. The fourth-order valence-electron chi connectivity index (χ4n) is 1.81. The van der Waals surface area contributed by atoms with E-state index in [0.29, 0.717) is 12.6 Å². The average Bonchev–Trinajstić information content (AvgIpc) is 2.49. The van der Waals surface area contributed by atoms with E-state index in [1.54, 1.807) is 7.11 Å². The number of nitrogens with zero attached hydrogens (tertiary/aromatic N) is 1. The van der Waals surface area contributed by atoms with Crippen LogP contribution in [0.25, 0.3) is 0 Å². The molecule has 0 saturated carbocycles. The molecule has 0 spiro atoms. The van der Waals surface area contributed by atoms with Gasteiger partial charge >= 0.3 is 0 Å². The average molecular weight is 405 g/mol. The second kappa shape index (κ2) is 11.8. The molecule has 0 bridgehead atoms. The molecule has 1 aromatic rings. The van der Waals surface area contributed by atoms with Crippen molar-refractivity contribution in [1.82, 2.24) is 10.6 Å². The zero-order chi connectivity index (χ0) is 14.8. The summed E-state index contributed by atoms with van der Waals surface area (Å²) < 4.78 is 5.53. The second-order valence-electron chi connectivity index (χ2n) is 4.81. The molecule has 0 amide bonds. The van der Waals surface area contributed by atoms with E-state index in [1.165, 1.54) is 0 Å². The van der Waals surface area contributed by atoms with Crippen LogP contribution in [0.15, 0.2) is 35.3 Å². The van der Waals surface area contributed by atoms with Gasteiger partial charge in [0.2, 0.25) is 0 Å². The van der Waals surface area contributed by atoms with Gasteiger partial charge in [0, 0.05) is 19.7 Å². The molecule has 1 rings (SSSR count). The van der Waals surface area contributed by atoms with Gasteiger partial charge in [-0.15, -0.1) is 24.0 Å². The standard InChI is InChI=1S/C16H27N3O.HI/c1-5-13(3)19-16(17-6-2)18-12-15(20-4)14-10-8-7-9-11-14;/h7-11,13,15H,5-6,12H2,1-4H3,(H2,17,18,19);1H. The van der Waals surface area contributed by atoms with Crippen molar-refractivity contribution in [1.29, 1.82) is 0 Å². The Balaban J connectivity index is 0.00000400. The molecule has 2 N–H and O–H groups in total. The normalized spacial score (nSPS) is 14.0. The monoisotopic (exact) mass is 405 g/mol. The summed E-state index contributed by atoms with van der Waals surface area (Å²) in [5.74, 6) is 0.847. The Morgan fingerprint density at radius 2 is 1.90 bits per heavy atom. The molecule has 21 heavy (non-hydrogen) atoms. The van der Waals surface area contributed by atoms with E-state index in [0.717, 1.165) is 24.5 Å². The van der Waals surface area contributed by atoms with Crippen molar-refractivity contribution in [2.24, 2.45) is 4.99 Å². The van der Waals surface area contributed by atoms with Crippen molar-refractivity contribution in [2.75, 3.05) is 20.2 Å². The van der Waals surface area contributed by atoms with E-state index in [9.17, 15) is 0 Å². The van der Waals surface area contributed by atoms with Gasteiger partial charge in [-0.1, -0.05) is 37.3 Å². The summed E-state index contributed by atoms with van der Waals surface area (Å²) in [7, 11) is 1.72. The molecule has 0 aliphatic heterocycles. The molecular weight excluding hydrogens is 377 g/mol. The van der Waals surface area contributed by atoms with E-state index < -0.39 is 0 Å². The van der Waals surface area contributed by atoms with Crippen LogP contribution < -0.4 is 10.6 Å². The Kier molecular flexibility index (Phi) is 11.3. The maximum absolute atomic E-state index is 5.53. The molecule has 0 saturated heterocycles. The topological polar surface area (TPSA) is 45.7 Å². The first-order chi connectivity index (χ1) is 9.71. The van der Waals surface area contributed by atoms with Gasteiger partial charge < -0.3 is 15.4 Å². The Hall–Kier alpha value is -0.820. The number of rotatable bonds is 7. The second-order valence-corrected chi connectivity index (χ2v) is 4.81. The van der Waals surface area contributed by atoms with Crippen LogP contribution in [-0.4, -0.2) is 32.2 Å². The maximum Gasteiger partial charge on any atom is 0.191 e. The lowest BCUT2D eigenvalue weighted by molar-refractivity contribution is 0.111. The molecule has 0 radical (unpaired) electrons. The van der Waals surface area contributed by atoms with Crippen LogP contribution in [0.2, 0.25) is 0 Å². The first-order valence-corrected chi connectivity index (χ1v) is 7.33. The third kappa shape index (κ3) is 7.66. The van der Waals surface area contributed by atoms with Gasteiger partial charge in [-0.05, 0) is 25.8 Å². The predicted octanol–water partition coefficient (Wildman–Crippen LogP) is 3.35. The Morgan fingerprint density at radius 1 is 1.24 bits per heavy atom. The summed E-state index contributed by atoms with van der Waals surface area (Å²) in [5.41, 5.74) is 1.15. The lowest BCUT2D eigenvalue weighted by Gasteiger charge is -2.18. The van der Waals surface area contributed by atoms with Crippen molar-refractivity contribution in [3.05, 3.63) is 35.9 Å². The van der Waals surface area contributed by atoms with Crippen LogP contribution in [0.4, 0.5) is 0 Å². The molecule has 0 fully saturated rings. The summed E-state index contributed by atoms with van der Waals surface area (Å²) in [6.45, 7) is 7.83. The third-order valence-electron chi connectivity index (χ3n) is 3.21. The summed E-state index contributed by atoms with van der Waals surface area (Å²) >= 11 is 0. The van der Waals surface area contributed by atoms with Gasteiger partial charge in [0.15, 0.2) is 5.96 Å². The van der Waals surface area contributed by atoms with E-state index in [2.05, 4.69) is 48.5 Å². The Labute approximate surface area is 145 Å². The fraction of sp³-hybridized carbons (Fsp3) is 0.562. The molecule has 0 aliphatic carbocycles. The van der Waals surface area contributed by atoms with Crippen molar-refractivity contribution in [3.63, 3.8) is 0 Å². The van der Waals surface area contributed by atoms with E-state index in [1.807, 2.05) is 18.2 Å². The van der Waals surface area contributed by atoms with Gasteiger partial charge in [-0.3, -0.25) is 4.99 Å². The highest BCUT2D eigenvalue weighted by molar-refractivity contribution is 14.0. The minimum absolute atomic E-state index is 0. The minimum atomic E-state index is -0.0106. The van der Waals surface area contributed by atoms with Crippen LogP contribution >= 0.6 is 24.0 Å². The number of nitrogens with one attached hydrogen (secondary N) is 2. The van der Waals surface area contributed by atoms with Crippen LogP contribution in [0, 0.1) is 0 Å². The number of hydrogen-bond donors (Lipinski definition) is 2. The summed E-state index contributed by atoms with van der Waals surface area (Å²) in [5, 5.41) is 6.64. The largest absolute Gasteiger partial charge is 0.375 e.